The van der Waals surface area contributed by atoms with E-state index < -0.39 is 34.4 Å². The van der Waals surface area contributed by atoms with Crippen LogP contribution in [0, 0.1) is 34.5 Å². The minimum atomic E-state index is -0.871. The molecule has 0 unspecified atom stereocenters. The van der Waals surface area contributed by atoms with Crippen LogP contribution in [-0.2, 0) is 14.3 Å². The summed E-state index contributed by atoms with van der Waals surface area (Å²) in [6.45, 7) is 5.98. The van der Waals surface area contributed by atoms with Crippen molar-refractivity contribution in [2.24, 2.45) is 34.5 Å². The van der Waals surface area contributed by atoms with Crippen molar-refractivity contribution in [1.82, 2.24) is 0 Å². The fourth-order valence-corrected chi connectivity index (χ4v) is 7.14. The van der Waals surface area contributed by atoms with Gasteiger partial charge in [0.25, 0.3) is 0 Å². The largest absolute Gasteiger partial charge is 0.481 e. The second-order valence-corrected chi connectivity index (χ2v) is 8.80. The van der Waals surface area contributed by atoms with Gasteiger partial charge in [0.2, 0.25) is 0 Å². The molecule has 5 rings (SSSR count). The van der Waals surface area contributed by atoms with Gasteiger partial charge in [-0.1, -0.05) is 18.2 Å². The molecule has 0 aromatic carbocycles. The fourth-order valence-electron chi connectivity index (χ4n) is 7.14. The minimum absolute atomic E-state index is 0.0225. The van der Waals surface area contributed by atoms with Crippen LogP contribution in [0.25, 0.3) is 0 Å². The number of hydrogen-bond donors (Lipinski definition) is 2. The Bertz CT molecular complexity index is 725. The molecule has 5 nitrogen and oxygen atoms in total. The second-order valence-electron chi connectivity index (χ2n) is 8.80. The Hall–Kier alpha value is -1.62. The molecule has 4 fully saturated rings. The molecule has 24 heavy (non-hydrogen) atoms. The summed E-state index contributed by atoms with van der Waals surface area (Å²) in [4.78, 5) is 25.0. The zero-order valence-electron chi connectivity index (χ0n) is 13.7. The van der Waals surface area contributed by atoms with Gasteiger partial charge in [-0.15, -0.1) is 0 Å². The molecule has 1 heterocycles. The molecule has 4 aliphatic carbocycles. The molecule has 1 spiro atoms. The number of ether oxygens (including phenoxy) is 1. The summed E-state index contributed by atoms with van der Waals surface area (Å²) in [5, 5.41) is 20.7. The van der Waals surface area contributed by atoms with Gasteiger partial charge in [0, 0.05) is 17.8 Å². The van der Waals surface area contributed by atoms with Crippen LogP contribution in [-0.4, -0.2) is 33.9 Å². The summed E-state index contributed by atoms with van der Waals surface area (Å²) in [6.07, 6.45) is 5.66. The number of aliphatic hydroxyl groups is 1. The molecular weight excluding hydrogens is 308 g/mol. The molecule has 0 radical (unpaired) electrons. The molecule has 128 valence electrons. The van der Waals surface area contributed by atoms with Crippen molar-refractivity contribution in [3.8, 4) is 0 Å². The molecule has 2 N–H and O–H groups in total. The molecule has 5 aliphatic rings. The van der Waals surface area contributed by atoms with Crippen molar-refractivity contribution in [3.05, 3.63) is 24.3 Å². The van der Waals surface area contributed by atoms with E-state index in [0.29, 0.717) is 25.7 Å². The van der Waals surface area contributed by atoms with Gasteiger partial charge in [0.15, 0.2) is 0 Å². The summed E-state index contributed by atoms with van der Waals surface area (Å²) in [6, 6.07) is 0. The summed E-state index contributed by atoms with van der Waals surface area (Å²) >= 11 is 0. The molecule has 0 aromatic heterocycles. The molecular formula is C19H22O5. The van der Waals surface area contributed by atoms with Crippen LogP contribution >= 0.6 is 0 Å². The normalized spacial score (nSPS) is 56.8. The van der Waals surface area contributed by atoms with E-state index in [1.807, 2.05) is 19.1 Å². The van der Waals surface area contributed by atoms with E-state index in [1.165, 1.54) is 0 Å². The van der Waals surface area contributed by atoms with Gasteiger partial charge in [-0.05, 0) is 44.1 Å². The van der Waals surface area contributed by atoms with Gasteiger partial charge in [0.1, 0.15) is 5.60 Å². The van der Waals surface area contributed by atoms with Gasteiger partial charge in [-0.2, -0.15) is 0 Å². The number of esters is 1. The molecule has 1 saturated heterocycles. The van der Waals surface area contributed by atoms with E-state index in [4.69, 9.17) is 4.74 Å². The van der Waals surface area contributed by atoms with Crippen LogP contribution < -0.4 is 0 Å². The quantitative estimate of drug-likeness (QED) is 0.567. The van der Waals surface area contributed by atoms with E-state index >= 15 is 0 Å². The Balaban J connectivity index is 1.78. The SMILES string of the molecule is C=C1C[C@]23C[C@H]1[C@@H](O)C[C@H]2[C@@]12C=CC[C@@](C)(C(=O)O1)[C@H]2[C@@H]3C(=O)O. The lowest BCUT2D eigenvalue weighted by Crippen LogP contribution is -2.46. The Labute approximate surface area is 140 Å². The Morgan fingerprint density at radius 3 is 2.92 bits per heavy atom. The standard InChI is InChI=1S/C19H22O5/c1-9-7-18-8-10(9)11(20)6-12(18)19-5-3-4-17(2,16(23)24-19)14(19)13(18)15(21)22/h3,5,10-14,20H,1,4,6-8H2,2H3,(H,21,22)/t10-,11+,12-,13-,14-,17-,18+,19-/m1/s1. The monoisotopic (exact) mass is 330 g/mol. The number of carboxylic acid groups (broad SMARTS) is 1. The van der Waals surface area contributed by atoms with Crippen LogP contribution in [0.3, 0.4) is 0 Å². The highest BCUT2D eigenvalue weighted by molar-refractivity contribution is 5.85. The maximum atomic E-state index is 12.6. The average Bonchev–Trinajstić information content (AvgIpc) is 2.96. The van der Waals surface area contributed by atoms with Gasteiger partial charge in [-0.25, -0.2) is 0 Å². The van der Waals surface area contributed by atoms with Crippen molar-refractivity contribution < 1.29 is 24.5 Å². The maximum absolute atomic E-state index is 12.6. The van der Waals surface area contributed by atoms with Crippen molar-refractivity contribution in [1.29, 1.82) is 0 Å². The first kappa shape index (κ1) is 14.7. The van der Waals surface area contributed by atoms with Gasteiger partial charge in [0.05, 0.1) is 17.4 Å². The van der Waals surface area contributed by atoms with Gasteiger partial charge < -0.3 is 14.9 Å². The van der Waals surface area contributed by atoms with E-state index in [-0.39, 0.29) is 23.7 Å². The number of allylic oxidation sites excluding steroid dienone is 1. The van der Waals surface area contributed by atoms with Crippen LogP contribution in [0.15, 0.2) is 24.3 Å². The van der Waals surface area contributed by atoms with E-state index in [1.54, 1.807) is 0 Å². The van der Waals surface area contributed by atoms with Crippen LogP contribution in [0.4, 0.5) is 0 Å². The van der Waals surface area contributed by atoms with Crippen molar-refractivity contribution in [3.63, 3.8) is 0 Å². The highest BCUT2D eigenvalue weighted by atomic mass is 16.6. The van der Waals surface area contributed by atoms with E-state index in [0.717, 1.165) is 5.57 Å². The predicted octanol–water partition coefficient (Wildman–Crippen LogP) is 1.91. The zero-order valence-corrected chi connectivity index (χ0v) is 13.7. The van der Waals surface area contributed by atoms with Crippen molar-refractivity contribution in [2.45, 2.75) is 44.3 Å². The first-order chi connectivity index (χ1) is 11.3. The third-order valence-electron chi connectivity index (χ3n) is 7.91. The first-order valence-electron chi connectivity index (χ1n) is 8.76. The smallest absolute Gasteiger partial charge is 0.313 e. The summed E-state index contributed by atoms with van der Waals surface area (Å²) in [5.74, 6) is -2.28. The fraction of sp³-hybridized carbons (Fsp3) is 0.684. The molecule has 4 bridgehead atoms. The molecule has 1 aliphatic heterocycles. The van der Waals surface area contributed by atoms with Crippen molar-refractivity contribution in [2.75, 3.05) is 0 Å². The number of fused-ring (bicyclic) bond motifs is 1. The average molecular weight is 330 g/mol. The number of carbonyl (C=O) groups is 2. The lowest BCUT2D eigenvalue weighted by atomic mass is 9.62. The molecule has 5 heteroatoms. The lowest BCUT2D eigenvalue weighted by Gasteiger charge is -2.44. The molecule has 0 aromatic rings. The number of aliphatic hydroxyl groups excluding tert-OH is 1. The Kier molecular flexibility index (Phi) is 2.42. The molecule has 8 atom stereocenters. The Morgan fingerprint density at radius 1 is 1.46 bits per heavy atom. The summed E-state index contributed by atoms with van der Waals surface area (Å²) < 4.78 is 5.95. The minimum Gasteiger partial charge on any atom is -0.481 e. The highest BCUT2D eigenvalue weighted by Crippen LogP contribution is 2.76. The number of hydrogen-bond acceptors (Lipinski definition) is 4. The number of carboxylic acids is 1. The van der Waals surface area contributed by atoms with Crippen LogP contribution in [0.5, 0.6) is 0 Å². The zero-order chi connectivity index (χ0) is 17.1. The topological polar surface area (TPSA) is 83.8 Å². The number of rotatable bonds is 1. The third kappa shape index (κ3) is 1.28. The maximum Gasteiger partial charge on any atom is 0.313 e. The number of aliphatic carboxylic acids is 1. The first-order valence-corrected chi connectivity index (χ1v) is 8.76. The lowest BCUT2D eigenvalue weighted by molar-refractivity contribution is -0.160. The van der Waals surface area contributed by atoms with Crippen LogP contribution in [0.1, 0.15) is 32.6 Å². The van der Waals surface area contributed by atoms with Crippen LogP contribution in [0.2, 0.25) is 0 Å². The highest BCUT2D eigenvalue weighted by Gasteiger charge is 2.81. The molecule has 3 saturated carbocycles. The summed E-state index contributed by atoms with van der Waals surface area (Å²) in [7, 11) is 0. The van der Waals surface area contributed by atoms with E-state index in [9.17, 15) is 19.8 Å². The molecule has 0 amide bonds. The second kappa shape index (κ2) is 3.96. The number of carbonyl (C=O) groups excluding carboxylic acids is 1. The van der Waals surface area contributed by atoms with Crippen molar-refractivity contribution >= 4 is 11.9 Å². The van der Waals surface area contributed by atoms with Gasteiger partial charge >= 0.3 is 11.9 Å². The predicted molar refractivity (Wildman–Crippen MR) is 83.7 cm³/mol. The Morgan fingerprint density at radius 2 is 2.21 bits per heavy atom. The van der Waals surface area contributed by atoms with E-state index in [2.05, 4.69) is 6.58 Å². The third-order valence-corrected chi connectivity index (χ3v) is 7.91. The van der Waals surface area contributed by atoms with Gasteiger partial charge in [-0.3, -0.25) is 9.59 Å². The summed E-state index contributed by atoms with van der Waals surface area (Å²) in [5.41, 5.74) is -1.14.